The summed E-state index contributed by atoms with van der Waals surface area (Å²) in [6.45, 7) is 0. The minimum atomic E-state index is -3.53. The predicted octanol–water partition coefficient (Wildman–Crippen LogP) is 3.75. The molecule has 0 radical (unpaired) electrons. The second kappa shape index (κ2) is 6.31. The third-order valence-electron chi connectivity index (χ3n) is 3.25. The van der Waals surface area contributed by atoms with Crippen molar-refractivity contribution in [2.24, 2.45) is 0 Å². The fourth-order valence-electron chi connectivity index (χ4n) is 2.14. The van der Waals surface area contributed by atoms with Crippen LogP contribution in [-0.2, 0) is 15.6 Å². The number of rotatable bonds is 4. The third-order valence-corrected chi connectivity index (χ3v) is 5.67. The van der Waals surface area contributed by atoms with Crippen LogP contribution < -0.4 is 0 Å². The van der Waals surface area contributed by atoms with E-state index in [-0.39, 0.29) is 15.7 Å². The van der Waals surface area contributed by atoms with Crippen molar-refractivity contribution in [1.29, 1.82) is 0 Å². The van der Waals surface area contributed by atoms with Crippen molar-refractivity contribution >= 4 is 33.0 Å². The number of hydrogen-bond donors (Lipinski definition) is 1. The van der Waals surface area contributed by atoms with Gasteiger partial charge in [-0.25, -0.2) is 8.42 Å². The highest BCUT2D eigenvalue weighted by Crippen LogP contribution is 2.27. The van der Waals surface area contributed by atoms with Gasteiger partial charge in [0.15, 0.2) is 9.84 Å². The molecule has 118 valence electrons. The molecule has 5 nitrogen and oxygen atoms in total. The summed E-state index contributed by atoms with van der Waals surface area (Å²) in [4.78, 5) is 0.138. The van der Waals surface area contributed by atoms with Gasteiger partial charge in [-0.05, 0) is 29.8 Å². The highest BCUT2D eigenvalue weighted by molar-refractivity contribution is 7.90. The average Bonchev–Trinajstić information content (AvgIpc) is 3.04. The van der Waals surface area contributed by atoms with Gasteiger partial charge in [-0.2, -0.15) is 0 Å². The molecular formula is C15H11Cl2N3O2S. The van der Waals surface area contributed by atoms with Crippen LogP contribution in [0.2, 0.25) is 10.0 Å². The van der Waals surface area contributed by atoms with Gasteiger partial charge in [-0.15, -0.1) is 5.10 Å². The number of hydrogen-bond acceptors (Lipinski definition) is 4. The standard InChI is InChI=1S/C15H11Cl2N3O2S/c16-13-5-4-12(7-14(13)17)23(21,22)9-10-2-1-3-11(6-10)15-8-18-20-19-15/h1-8H,9H2,(H,18,19,20). The van der Waals surface area contributed by atoms with E-state index in [0.717, 1.165) is 5.56 Å². The molecule has 2 aromatic carbocycles. The number of halogens is 2. The lowest BCUT2D eigenvalue weighted by atomic mass is 10.1. The number of H-pyrrole nitrogens is 1. The highest BCUT2D eigenvalue weighted by Gasteiger charge is 2.17. The van der Waals surface area contributed by atoms with Crippen LogP contribution in [0.3, 0.4) is 0 Å². The summed E-state index contributed by atoms with van der Waals surface area (Å²) in [5.41, 5.74) is 2.09. The Bertz CT molecular complexity index is 941. The number of aromatic amines is 1. The summed E-state index contributed by atoms with van der Waals surface area (Å²) in [6.07, 6.45) is 1.65. The van der Waals surface area contributed by atoms with Crippen molar-refractivity contribution in [3.8, 4) is 11.3 Å². The van der Waals surface area contributed by atoms with E-state index >= 15 is 0 Å². The van der Waals surface area contributed by atoms with Crippen LogP contribution in [0, 0.1) is 0 Å². The lowest BCUT2D eigenvalue weighted by molar-refractivity contribution is 0.595. The molecule has 0 unspecified atom stereocenters. The van der Waals surface area contributed by atoms with E-state index in [9.17, 15) is 8.42 Å². The topological polar surface area (TPSA) is 75.7 Å². The van der Waals surface area contributed by atoms with Crippen molar-refractivity contribution in [3.05, 3.63) is 64.3 Å². The average molecular weight is 368 g/mol. The van der Waals surface area contributed by atoms with E-state index in [1.165, 1.54) is 18.2 Å². The second-order valence-corrected chi connectivity index (χ2v) is 7.70. The SMILES string of the molecule is O=S(=O)(Cc1cccc(-c2c[nH]nn2)c1)c1ccc(Cl)c(Cl)c1. The molecule has 3 aromatic rings. The molecule has 23 heavy (non-hydrogen) atoms. The van der Waals surface area contributed by atoms with Crippen LogP contribution in [0.25, 0.3) is 11.3 Å². The molecule has 0 fully saturated rings. The molecule has 0 amide bonds. The molecule has 1 aromatic heterocycles. The first-order valence-electron chi connectivity index (χ1n) is 6.59. The molecule has 8 heteroatoms. The molecule has 0 aliphatic heterocycles. The fourth-order valence-corrected chi connectivity index (χ4v) is 3.86. The van der Waals surface area contributed by atoms with E-state index in [2.05, 4.69) is 15.4 Å². The molecule has 0 atom stereocenters. The molecule has 3 rings (SSSR count). The molecule has 0 aliphatic rings. The quantitative estimate of drug-likeness (QED) is 0.761. The highest BCUT2D eigenvalue weighted by atomic mass is 35.5. The zero-order chi connectivity index (χ0) is 16.4. The Morgan fingerprint density at radius 1 is 1.04 bits per heavy atom. The first-order chi connectivity index (χ1) is 11.0. The summed E-state index contributed by atoms with van der Waals surface area (Å²) < 4.78 is 25.1. The van der Waals surface area contributed by atoms with Crippen LogP contribution in [0.4, 0.5) is 0 Å². The summed E-state index contributed by atoms with van der Waals surface area (Å²) in [5, 5.41) is 10.7. The maximum atomic E-state index is 12.5. The van der Waals surface area contributed by atoms with Crippen molar-refractivity contribution in [2.75, 3.05) is 0 Å². The van der Waals surface area contributed by atoms with E-state index < -0.39 is 9.84 Å². The van der Waals surface area contributed by atoms with Crippen LogP contribution >= 0.6 is 23.2 Å². The number of aromatic nitrogens is 3. The predicted molar refractivity (Wildman–Crippen MR) is 89.2 cm³/mol. The maximum absolute atomic E-state index is 12.5. The van der Waals surface area contributed by atoms with Gasteiger partial charge < -0.3 is 0 Å². The van der Waals surface area contributed by atoms with Crippen molar-refractivity contribution in [1.82, 2.24) is 15.4 Å². The van der Waals surface area contributed by atoms with Gasteiger partial charge in [-0.3, -0.25) is 5.10 Å². The zero-order valence-corrected chi connectivity index (χ0v) is 14.0. The first-order valence-corrected chi connectivity index (χ1v) is 9.00. The van der Waals surface area contributed by atoms with Crippen molar-refractivity contribution in [2.45, 2.75) is 10.6 Å². The van der Waals surface area contributed by atoms with Crippen LogP contribution in [-0.4, -0.2) is 23.8 Å². The molecule has 1 heterocycles. The fraction of sp³-hybridized carbons (Fsp3) is 0.0667. The minimum Gasteiger partial charge on any atom is -0.265 e. The maximum Gasteiger partial charge on any atom is 0.182 e. The molecular weight excluding hydrogens is 357 g/mol. The first kappa shape index (κ1) is 16.0. The molecule has 0 aliphatic carbocycles. The molecule has 0 saturated heterocycles. The van der Waals surface area contributed by atoms with Crippen LogP contribution in [0.5, 0.6) is 0 Å². The number of benzene rings is 2. The van der Waals surface area contributed by atoms with Crippen LogP contribution in [0.15, 0.2) is 53.6 Å². The Hall–Kier alpha value is -1.89. The smallest absolute Gasteiger partial charge is 0.182 e. The Labute approximate surface area is 143 Å². The monoisotopic (exact) mass is 367 g/mol. The van der Waals surface area contributed by atoms with Crippen LogP contribution in [0.1, 0.15) is 5.56 Å². The van der Waals surface area contributed by atoms with E-state index in [4.69, 9.17) is 23.2 Å². The van der Waals surface area contributed by atoms with Gasteiger partial charge in [0.25, 0.3) is 0 Å². The minimum absolute atomic E-state index is 0.138. The van der Waals surface area contributed by atoms with Gasteiger partial charge in [0.2, 0.25) is 0 Å². The molecule has 0 bridgehead atoms. The van der Waals surface area contributed by atoms with Gasteiger partial charge in [0.1, 0.15) is 5.69 Å². The third kappa shape index (κ3) is 3.55. The zero-order valence-electron chi connectivity index (χ0n) is 11.7. The van der Waals surface area contributed by atoms with Gasteiger partial charge in [-0.1, -0.05) is 46.6 Å². The number of sulfone groups is 1. The molecule has 0 spiro atoms. The lowest BCUT2D eigenvalue weighted by Gasteiger charge is -2.07. The lowest BCUT2D eigenvalue weighted by Crippen LogP contribution is -2.05. The normalized spacial score (nSPS) is 11.6. The Morgan fingerprint density at radius 2 is 1.87 bits per heavy atom. The molecule has 0 saturated carbocycles. The number of nitrogens with one attached hydrogen (secondary N) is 1. The van der Waals surface area contributed by atoms with Gasteiger partial charge >= 0.3 is 0 Å². The number of nitrogens with zero attached hydrogens (tertiary/aromatic N) is 2. The summed E-state index contributed by atoms with van der Waals surface area (Å²) in [5.74, 6) is -0.142. The summed E-state index contributed by atoms with van der Waals surface area (Å²) in [7, 11) is -3.53. The summed E-state index contributed by atoms with van der Waals surface area (Å²) in [6, 6.07) is 11.4. The Balaban J connectivity index is 1.91. The van der Waals surface area contributed by atoms with E-state index in [0.29, 0.717) is 16.3 Å². The Kier molecular flexibility index (Phi) is 4.39. The summed E-state index contributed by atoms with van der Waals surface area (Å²) >= 11 is 11.7. The molecule has 1 N–H and O–H groups in total. The Morgan fingerprint density at radius 3 is 2.57 bits per heavy atom. The van der Waals surface area contributed by atoms with Gasteiger partial charge in [0.05, 0.1) is 20.7 Å². The van der Waals surface area contributed by atoms with Gasteiger partial charge in [0, 0.05) is 11.8 Å². The second-order valence-electron chi connectivity index (χ2n) is 4.89. The van der Waals surface area contributed by atoms with Crippen molar-refractivity contribution in [3.63, 3.8) is 0 Å². The van der Waals surface area contributed by atoms with E-state index in [1.807, 2.05) is 6.07 Å². The largest absolute Gasteiger partial charge is 0.265 e. The van der Waals surface area contributed by atoms with Crippen molar-refractivity contribution < 1.29 is 8.42 Å². The van der Waals surface area contributed by atoms with E-state index in [1.54, 1.807) is 24.4 Å².